The molecule has 2 nitrogen and oxygen atoms in total. The highest BCUT2D eigenvalue weighted by Crippen LogP contribution is 2.44. The van der Waals surface area contributed by atoms with E-state index in [9.17, 15) is 0 Å². The van der Waals surface area contributed by atoms with Crippen molar-refractivity contribution in [2.45, 2.75) is 39.0 Å². The van der Waals surface area contributed by atoms with Gasteiger partial charge in [-0.25, -0.2) is 0 Å². The molecule has 2 heteroatoms. The molecule has 1 aliphatic rings. The van der Waals surface area contributed by atoms with Crippen LogP contribution in [0.15, 0.2) is 91.0 Å². The van der Waals surface area contributed by atoms with Gasteiger partial charge in [-0.2, -0.15) is 0 Å². The Morgan fingerprint density at radius 3 is 2.29 bits per heavy atom. The fourth-order valence-corrected chi connectivity index (χ4v) is 4.34. The van der Waals surface area contributed by atoms with Crippen molar-refractivity contribution in [3.8, 4) is 16.9 Å². The number of aromatic nitrogens is 1. The van der Waals surface area contributed by atoms with Gasteiger partial charge in [-0.15, -0.1) is 0 Å². The smallest absolute Gasteiger partial charge is 0.142 e. The third-order valence-corrected chi connectivity index (χ3v) is 6.02. The quantitative estimate of drug-likeness (QED) is 0.322. The zero-order chi connectivity index (χ0) is 21.4. The van der Waals surface area contributed by atoms with E-state index in [1.807, 2.05) is 12.4 Å². The molecule has 0 amide bonds. The average Bonchev–Trinajstić information content (AvgIpc) is 2.79. The second kappa shape index (κ2) is 7.70. The zero-order valence-corrected chi connectivity index (χ0v) is 18.4. The van der Waals surface area contributed by atoms with Gasteiger partial charge < -0.3 is 4.74 Å². The SMILES string of the molecule is CC(C)(C)c1ccc(-c2c3ccccc3c(OC3=CC=CCC3)c3ccncc23)cc1. The lowest BCUT2D eigenvalue weighted by Gasteiger charge is -2.21. The van der Waals surface area contributed by atoms with Crippen LogP contribution in [0.2, 0.25) is 0 Å². The van der Waals surface area contributed by atoms with Crippen LogP contribution in [0.3, 0.4) is 0 Å². The molecule has 1 aromatic heterocycles. The van der Waals surface area contributed by atoms with Crippen LogP contribution < -0.4 is 4.74 Å². The summed E-state index contributed by atoms with van der Waals surface area (Å²) in [5.74, 6) is 1.93. The topological polar surface area (TPSA) is 22.1 Å². The number of rotatable bonds is 3. The van der Waals surface area contributed by atoms with Crippen LogP contribution in [-0.4, -0.2) is 4.98 Å². The largest absolute Gasteiger partial charge is 0.460 e. The minimum absolute atomic E-state index is 0.129. The van der Waals surface area contributed by atoms with Gasteiger partial charge in [0.05, 0.1) is 0 Å². The van der Waals surface area contributed by atoms with Gasteiger partial charge in [0.1, 0.15) is 11.5 Å². The lowest BCUT2D eigenvalue weighted by Crippen LogP contribution is -2.10. The minimum atomic E-state index is 0.129. The highest BCUT2D eigenvalue weighted by Gasteiger charge is 2.19. The monoisotopic (exact) mass is 405 g/mol. The van der Waals surface area contributed by atoms with Crippen LogP contribution in [0.5, 0.6) is 5.75 Å². The van der Waals surface area contributed by atoms with Gasteiger partial charge in [-0.1, -0.05) is 81.5 Å². The van der Waals surface area contributed by atoms with Crippen molar-refractivity contribution in [3.63, 3.8) is 0 Å². The van der Waals surface area contributed by atoms with E-state index < -0.39 is 0 Å². The summed E-state index contributed by atoms with van der Waals surface area (Å²) >= 11 is 0. The van der Waals surface area contributed by atoms with E-state index in [0.717, 1.165) is 40.5 Å². The normalized spacial score (nSPS) is 14.1. The standard InChI is InChI=1S/C29H27NO/c1-29(2,3)21-15-13-20(14-16-21)27-23-11-7-8-12-24(23)28(25-17-18-30-19-26(25)27)31-22-9-5-4-6-10-22/h4-5,7-9,11-19H,6,10H2,1-3H3. The van der Waals surface area contributed by atoms with Crippen LogP contribution in [-0.2, 0) is 5.41 Å². The molecule has 154 valence electrons. The highest BCUT2D eigenvalue weighted by atomic mass is 16.5. The first-order valence-corrected chi connectivity index (χ1v) is 11.0. The predicted molar refractivity (Wildman–Crippen MR) is 130 cm³/mol. The summed E-state index contributed by atoms with van der Waals surface area (Å²) in [6, 6.07) is 19.6. The number of ether oxygens (including phenoxy) is 1. The van der Waals surface area contributed by atoms with Crippen molar-refractivity contribution in [1.29, 1.82) is 0 Å². The summed E-state index contributed by atoms with van der Waals surface area (Å²) in [5, 5.41) is 4.53. The molecule has 31 heavy (non-hydrogen) atoms. The Morgan fingerprint density at radius 1 is 0.839 bits per heavy atom. The predicted octanol–water partition coefficient (Wildman–Crippen LogP) is 7.97. The molecule has 1 aliphatic carbocycles. The Balaban J connectivity index is 1.77. The van der Waals surface area contributed by atoms with E-state index in [0.29, 0.717) is 0 Å². The molecule has 0 spiro atoms. The number of fused-ring (bicyclic) bond motifs is 2. The fourth-order valence-electron chi connectivity index (χ4n) is 4.34. The first-order valence-electron chi connectivity index (χ1n) is 11.0. The van der Waals surface area contributed by atoms with Crippen molar-refractivity contribution in [2.75, 3.05) is 0 Å². The summed E-state index contributed by atoms with van der Waals surface area (Å²) in [7, 11) is 0. The molecule has 3 aromatic carbocycles. The maximum Gasteiger partial charge on any atom is 0.142 e. The van der Waals surface area contributed by atoms with Crippen molar-refractivity contribution < 1.29 is 4.74 Å². The molecule has 0 atom stereocenters. The molecule has 4 aromatic rings. The van der Waals surface area contributed by atoms with Crippen LogP contribution in [0.1, 0.15) is 39.2 Å². The van der Waals surface area contributed by atoms with Crippen LogP contribution in [0, 0.1) is 0 Å². The summed E-state index contributed by atoms with van der Waals surface area (Å²) in [5.41, 5.74) is 3.88. The van der Waals surface area contributed by atoms with Gasteiger partial charge in [0.2, 0.25) is 0 Å². The lowest BCUT2D eigenvalue weighted by atomic mass is 9.85. The van der Waals surface area contributed by atoms with Crippen LogP contribution in [0.4, 0.5) is 0 Å². The Bertz CT molecular complexity index is 1260. The molecule has 0 bridgehead atoms. The molecule has 0 aliphatic heterocycles. The van der Waals surface area contributed by atoms with Crippen LogP contribution >= 0.6 is 0 Å². The number of benzene rings is 3. The molecule has 1 heterocycles. The molecule has 0 N–H and O–H groups in total. The van der Waals surface area contributed by atoms with Crippen molar-refractivity contribution in [2.24, 2.45) is 0 Å². The second-order valence-electron chi connectivity index (χ2n) is 9.20. The van der Waals surface area contributed by atoms with Crippen molar-refractivity contribution in [1.82, 2.24) is 4.98 Å². The Labute approximate surface area is 183 Å². The molecule has 0 unspecified atom stereocenters. The van der Waals surface area contributed by atoms with Gasteiger partial charge in [-0.3, -0.25) is 4.98 Å². The second-order valence-corrected chi connectivity index (χ2v) is 9.20. The number of pyridine rings is 1. The summed E-state index contributed by atoms with van der Waals surface area (Å²) in [4.78, 5) is 4.47. The average molecular weight is 406 g/mol. The maximum atomic E-state index is 6.52. The maximum absolute atomic E-state index is 6.52. The van der Waals surface area contributed by atoms with E-state index in [2.05, 4.69) is 98.6 Å². The number of allylic oxidation sites excluding steroid dienone is 4. The summed E-state index contributed by atoms with van der Waals surface area (Å²) < 4.78 is 6.52. The van der Waals surface area contributed by atoms with Gasteiger partial charge in [0.15, 0.2) is 0 Å². The molecular formula is C29H27NO. The van der Waals surface area contributed by atoms with Gasteiger partial charge >= 0.3 is 0 Å². The van der Waals surface area contributed by atoms with E-state index >= 15 is 0 Å². The lowest BCUT2D eigenvalue weighted by molar-refractivity contribution is 0.411. The third kappa shape index (κ3) is 3.63. The Kier molecular flexibility index (Phi) is 4.86. The minimum Gasteiger partial charge on any atom is -0.460 e. The Hall–Kier alpha value is -3.39. The number of hydrogen-bond donors (Lipinski definition) is 0. The molecule has 0 radical (unpaired) electrons. The van der Waals surface area contributed by atoms with E-state index in [1.165, 1.54) is 22.1 Å². The first-order chi connectivity index (χ1) is 15.0. The third-order valence-electron chi connectivity index (χ3n) is 6.02. The number of hydrogen-bond acceptors (Lipinski definition) is 2. The van der Waals surface area contributed by atoms with Gasteiger partial charge in [0.25, 0.3) is 0 Å². The fraction of sp³-hybridized carbons (Fsp3) is 0.207. The summed E-state index contributed by atoms with van der Waals surface area (Å²) in [6.07, 6.45) is 12.1. The van der Waals surface area contributed by atoms with E-state index in [1.54, 1.807) is 0 Å². The molecule has 0 saturated carbocycles. The molecule has 0 fully saturated rings. The van der Waals surface area contributed by atoms with Crippen molar-refractivity contribution >= 4 is 21.5 Å². The molecule has 5 rings (SSSR count). The van der Waals surface area contributed by atoms with Gasteiger partial charge in [-0.05, 0) is 46.1 Å². The number of nitrogens with zero attached hydrogens (tertiary/aromatic N) is 1. The highest BCUT2D eigenvalue weighted by molar-refractivity contribution is 6.16. The zero-order valence-electron chi connectivity index (χ0n) is 18.4. The molecular weight excluding hydrogens is 378 g/mol. The van der Waals surface area contributed by atoms with Crippen LogP contribution in [0.25, 0.3) is 32.7 Å². The van der Waals surface area contributed by atoms with Crippen molar-refractivity contribution in [3.05, 3.63) is 96.5 Å². The summed E-state index contributed by atoms with van der Waals surface area (Å²) in [6.45, 7) is 6.74. The van der Waals surface area contributed by atoms with Gasteiger partial charge in [0, 0.05) is 35.0 Å². The first kappa shape index (κ1) is 19.6. The van der Waals surface area contributed by atoms with E-state index in [-0.39, 0.29) is 5.41 Å². The molecule has 0 saturated heterocycles. The Morgan fingerprint density at radius 2 is 1.58 bits per heavy atom. The van der Waals surface area contributed by atoms with E-state index in [4.69, 9.17) is 4.74 Å².